The van der Waals surface area contributed by atoms with Crippen LogP contribution in [-0.4, -0.2) is 82.0 Å². The lowest BCUT2D eigenvalue weighted by Crippen LogP contribution is -2.55. The fourth-order valence-electron chi connectivity index (χ4n) is 4.66. The number of nitrogens with zero attached hydrogens (tertiary/aromatic N) is 4. The molecule has 0 aromatic carbocycles. The van der Waals surface area contributed by atoms with Crippen LogP contribution < -0.4 is 0 Å². The van der Waals surface area contributed by atoms with Crippen LogP contribution in [0, 0.1) is 19.8 Å². The van der Waals surface area contributed by atoms with Crippen LogP contribution in [0.3, 0.4) is 0 Å². The van der Waals surface area contributed by atoms with E-state index in [1.165, 1.54) is 0 Å². The topological polar surface area (TPSA) is 87.9 Å². The summed E-state index contributed by atoms with van der Waals surface area (Å²) in [5.74, 6) is -0.593. The van der Waals surface area contributed by atoms with Crippen molar-refractivity contribution in [2.24, 2.45) is 5.92 Å². The van der Waals surface area contributed by atoms with Gasteiger partial charge in [-0.05, 0) is 39.5 Å². The number of likely N-dealkylation sites (tertiary alicyclic amines) is 1. The largest absolute Gasteiger partial charge is 0.481 e. The molecular formula is C20H32N4O4. The summed E-state index contributed by atoms with van der Waals surface area (Å²) in [5.41, 5.74) is 2.37. The average molecular weight is 393 g/mol. The Kier molecular flexibility index (Phi) is 6.72. The molecule has 3 rings (SSSR count). The second-order valence-corrected chi connectivity index (χ2v) is 7.81. The second-order valence-electron chi connectivity index (χ2n) is 7.81. The Bertz CT molecular complexity index is 711. The molecule has 156 valence electrons. The number of carboxylic acids is 1. The van der Waals surface area contributed by atoms with Gasteiger partial charge in [0.05, 0.1) is 24.5 Å². The van der Waals surface area contributed by atoms with Gasteiger partial charge in [0.25, 0.3) is 5.91 Å². The summed E-state index contributed by atoms with van der Waals surface area (Å²) in [7, 11) is 0. The lowest BCUT2D eigenvalue weighted by molar-refractivity contribution is -0.137. The number of hydrogen-bond donors (Lipinski definition) is 1. The van der Waals surface area contributed by atoms with Crippen molar-refractivity contribution in [1.29, 1.82) is 0 Å². The van der Waals surface area contributed by atoms with Gasteiger partial charge in [0, 0.05) is 50.9 Å². The Morgan fingerprint density at radius 2 is 1.93 bits per heavy atom. The van der Waals surface area contributed by atoms with Crippen LogP contribution in [0.15, 0.2) is 0 Å². The molecule has 2 fully saturated rings. The first-order valence-corrected chi connectivity index (χ1v) is 10.3. The van der Waals surface area contributed by atoms with Crippen LogP contribution in [0.2, 0.25) is 0 Å². The van der Waals surface area contributed by atoms with E-state index < -0.39 is 5.97 Å². The van der Waals surface area contributed by atoms with Gasteiger partial charge >= 0.3 is 5.97 Å². The Morgan fingerprint density at radius 1 is 1.21 bits per heavy atom. The summed E-state index contributed by atoms with van der Waals surface area (Å²) in [5, 5.41) is 13.7. The van der Waals surface area contributed by atoms with E-state index in [1.54, 1.807) is 0 Å². The maximum atomic E-state index is 13.3. The van der Waals surface area contributed by atoms with Crippen molar-refractivity contribution in [2.75, 3.05) is 39.4 Å². The first-order valence-electron chi connectivity index (χ1n) is 10.3. The van der Waals surface area contributed by atoms with Gasteiger partial charge in [-0.3, -0.25) is 19.2 Å². The molecule has 0 aliphatic carbocycles. The highest BCUT2D eigenvalue weighted by atomic mass is 16.5. The minimum Gasteiger partial charge on any atom is -0.481 e. The number of carboxylic acid groups (broad SMARTS) is 1. The van der Waals surface area contributed by atoms with E-state index >= 15 is 0 Å². The molecule has 2 atom stereocenters. The van der Waals surface area contributed by atoms with Crippen LogP contribution in [0.1, 0.15) is 47.9 Å². The zero-order chi connectivity index (χ0) is 20.3. The van der Waals surface area contributed by atoms with E-state index in [0.29, 0.717) is 31.1 Å². The third kappa shape index (κ3) is 4.38. The Hall–Kier alpha value is -1.93. The number of aromatic nitrogens is 2. The van der Waals surface area contributed by atoms with Crippen LogP contribution >= 0.6 is 0 Å². The van der Waals surface area contributed by atoms with E-state index in [9.17, 15) is 14.7 Å². The number of rotatable bonds is 6. The number of aryl methyl sites for hydroxylation is 2. The predicted molar refractivity (Wildman–Crippen MR) is 104 cm³/mol. The molecule has 8 heteroatoms. The van der Waals surface area contributed by atoms with Crippen molar-refractivity contribution < 1.29 is 19.4 Å². The molecule has 8 nitrogen and oxygen atoms in total. The molecular weight excluding hydrogens is 360 g/mol. The maximum absolute atomic E-state index is 13.3. The molecule has 1 aromatic heterocycles. The van der Waals surface area contributed by atoms with Crippen molar-refractivity contribution in [3.8, 4) is 0 Å². The zero-order valence-electron chi connectivity index (χ0n) is 17.2. The van der Waals surface area contributed by atoms with E-state index in [2.05, 4.69) is 10.00 Å². The number of amides is 1. The van der Waals surface area contributed by atoms with E-state index in [-0.39, 0.29) is 18.2 Å². The predicted octanol–water partition coefficient (Wildman–Crippen LogP) is 1.55. The number of hydrogen-bond acceptors (Lipinski definition) is 5. The maximum Gasteiger partial charge on any atom is 0.303 e. The monoisotopic (exact) mass is 392 g/mol. The summed E-state index contributed by atoms with van der Waals surface area (Å²) in [6.45, 7) is 11.1. The summed E-state index contributed by atoms with van der Waals surface area (Å²) < 4.78 is 7.34. The van der Waals surface area contributed by atoms with Crippen molar-refractivity contribution in [3.63, 3.8) is 0 Å². The third-order valence-corrected chi connectivity index (χ3v) is 6.12. The zero-order valence-corrected chi connectivity index (χ0v) is 17.2. The molecule has 2 aliphatic heterocycles. The highest BCUT2D eigenvalue weighted by molar-refractivity contribution is 5.96. The number of carbonyl (C=O) groups is 2. The molecule has 0 spiro atoms. The van der Waals surface area contributed by atoms with Crippen molar-refractivity contribution in [3.05, 3.63) is 17.0 Å². The van der Waals surface area contributed by atoms with E-state index in [0.717, 1.165) is 50.7 Å². The number of carbonyl (C=O) groups excluding carboxylic acids is 1. The molecule has 28 heavy (non-hydrogen) atoms. The molecule has 1 amide bonds. The van der Waals surface area contributed by atoms with Crippen LogP contribution in [0.25, 0.3) is 0 Å². The van der Waals surface area contributed by atoms with Gasteiger partial charge in [-0.1, -0.05) is 0 Å². The molecule has 0 unspecified atom stereocenters. The van der Waals surface area contributed by atoms with Gasteiger partial charge in [0.15, 0.2) is 0 Å². The van der Waals surface area contributed by atoms with Crippen molar-refractivity contribution >= 4 is 11.9 Å². The van der Waals surface area contributed by atoms with Gasteiger partial charge in [-0.15, -0.1) is 0 Å². The quantitative estimate of drug-likeness (QED) is 0.790. The second kappa shape index (κ2) is 9.05. The lowest BCUT2D eigenvalue weighted by Gasteiger charge is -2.45. The highest BCUT2D eigenvalue weighted by Gasteiger charge is 2.36. The van der Waals surface area contributed by atoms with Crippen molar-refractivity contribution in [1.82, 2.24) is 19.6 Å². The number of aliphatic carboxylic acids is 1. The summed E-state index contributed by atoms with van der Waals surface area (Å²) in [4.78, 5) is 28.7. The molecule has 1 aromatic rings. The average Bonchev–Trinajstić information content (AvgIpc) is 2.99. The minimum atomic E-state index is -0.778. The Morgan fingerprint density at radius 3 is 2.54 bits per heavy atom. The van der Waals surface area contributed by atoms with Crippen LogP contribution in [-0.2, 0) is 16.1 Å². The van der Waals surface area contributed by atoms with Gasteiger partial charge in [-0.2, -0.15) is 5.10 Å². The van der Waals surface area contributed by atoms with Gasteiger partial charge in [-0.25, -0.2) is 0 Å². The van der Waals surface area contributed by atoms with Crippen LogP contribution in [0.4, 0.5) is 0 Å². The molecule has 2 aliphatic rings. The smallest absolute Gasteiger partial charge is 0.303 e. The Balaban J connectivity index is 1.76. The molecule has 1 N–H and O–H groups in total. The number of morpholine rings is 1. The summed E-state index contributed by atoms with van der Waals surface area (Å²) in [6, 6.07) is 0.313. The molecule has 2 saturated heterocycles. The van der Waals surface area contributed by atoms with E-state index in [4.69, 9.17) is 4.74 Å². The summed E-state index contributed by atoms with van der Waals surface area (Å²) in [6.07, 6.45) is 1.60. The standard InChI is InChI=1S/C20H32N4O4/c1-4-24-15(3)19(14(2)21-24)20(27)23-8-7-17(22-9-11-28-12-10-22)16(13-23)5-6-18(25)26/h16-17H,4-13H2,1-3H3,(H,25,26)/t16-,17+/m1/s1. The fourth-order valence-corrected chi connectivity index (χ4v) is 4.66. The molecule has 0 saturated carbocycles. The highest BCUT2D eigenvalue weighted by Crippen LogP contribution is 2.29. The number of ether oxygens (including phenoxy) is 1. The first-order chi connectivity index (χ1) is 13.4. The fraction of sp³-hybridized carbons (Fsp3) is 0.750. The Labute approximate surface area is 166 Å². The first kappa shape index (κ1) is 20.8. The lowest BCUT2D eigenvalue weighted by atomic mass is 9.86. The molecule has 0 radical (unpaired) electrons. The third-order valence-electron chi connectivity index (χ3n) is 6.12. The molecule has 0 bridgehead atoms. The van der Waals surface area contributed by atoms with Gasteiger partial charge < -0.3 is 14.7 Å². The van der Waals surface area contributed by atoms with E-state index in [1.807, 2.05) is 30.4 Å². The SMILES string of the molecule is CCn1nc(C)c(C(=O)N2CC[C@H](N3CCOCC3)[C@H](CCC(=O)O)C2)c1C. The number of piperidine rings is 1. The minimum absolute atomic E-state index is 0.0236. The summed E-state index contributed by atoms with van der Waals surface area (Å²) >= 11 is 0. The van der Waals surface area contributed by atoms with Crippen molar-refractivity contribution in [2.45, 2.75) is 52.6 Å². The normalized spacial score (nSPS) is 23.8. The van der Waals surface area contributed by atoms with Gasteiger partial charge in [0.1, 0.15) is 0 Å². The molecule has 3 heterocycles. The van der Waals surface area contributed by atoms with Crippen LogP contribution in [0.5, 0.6) is 0 Å². The van der Waals surface area contributed by atoms with Gasteiger partial charge in [0.2, 0.25) is 0 Å².